The van der Waals surface area contributed by atoms with Crippen LogP contribution in [0.3, 0.4) is 0 Å². The predicted molar refractivity (Wildman–Crippen MR) is 76.2 cm³/mol. The van der Waals surface area contributed by atoms with E-state index in [0.717, 1.165) is 29.6 Å². The van der Waals surface area contributed by atoms with Crippen molar-refractivity contribution in [1.29, 1.82) is 0 Å². The molecule has 5 atom stereocenters. The van der Waals surface area contributed by atoms with Crippen molar-refractivity contribution in [2.75, 3.05) is 0 Å². The lowest BCUT2D eigenvalue weighted by Gasteiger charge is -2.48. The SMILES string of the molecule is C=C1CCC2C1CCC1C3CCCCC3=CCC21. The van der Waals surface area contributed by atoms with Crippen molar-refractivity contribution >= 4 is 0 Å². The normalized spacial score (nSPS) is 47.0. The molecular formula is C18H26. The first-order valence-electron chi connectivity index (χ1n) is 8.21. The minimum absolute atomic E-state index is 0.907. The third kappa shape index (κ3) is 1.57. The fraction of sp³-hybridized carbons (Fsp3) is 0.778. The zero-order chi connectivity index (χ0) is 12.1. The molecule has 0 saturated heterocycles. The van der Waals surface area contributed by atoms with Gasteiger partial charge in [0.05, 0.1) is 0 Å². The molecule has 4 aliphatic carbocycles. The Morgan fingerprint density at radius 1 is 0.833 bits per heavy atom. The van der Waals surface area contributed by atoms with Crippen LogP contribution in [-0.2, 0) is 0 Å². The molecule has 0 bridgehead atoms. The minimum Gasteiger partial charge on any atom is -0.0996 e. The summed E-state index contributed by atoms with van der Waals surface area (Å²) in [6.07, 6.45) is 15.7. The molecule has 0 heterocycles. The van der Waals surface area contributed by atoms with Crippen molar-refractivity contribution < 1.29 is 0 Å². The Kier molecular flexibility index (Phi) is 2.67. The molecule has 0 N–H and O–H groups in total. The second-order valence-corrected chi connectivity index (χ2v) is 7.24. The standard InChI is InChI=1S/C18H26/c1-12-6-8-16-14(12)10-11-17-15-5-3-2-4-13(15)7-9-18(16)17/h7,14-18H,1-6,8-11H2. The van der Waals surface area contributed by atoms with Crippen LogP contribution in [0, 0.1) is 29.6 Å². The van der Waals surface area contributed by atoms with Gasteiger partial charge in [0.25, 0.3) is 0 Å². The van der Waals surface area contributed by atoms with Crippen LogP contribution in [-0.4, -0.2) is 0 Å². The zero-order valence-corrected chi connectivity index (χ0v) is 11.5. The second kappa shape index (κ2) is 4.25. The van der Waals surface area contributed by atoms with Gasteiger partial charge in [-0.1, -0.05) is 30.2 Å². The van der Waals surface area contributed by atoms with E-state index >= 15 is 0 Å². The van der Waals surface area contributed by atoms with Gasteiger partial charge in [-0.25, -0.2) is 0 Å². The third-order valence-electron chi connectivity index (χ3n) is 6.63. The van der Waals surface area contributed by atoms with Gasteiger partial charge in [-0.2, -0.15) is 0 Å². The first-order chi connectivity index (χ1) is 8.84. The summed E-state index contributed by atoms with van der Waals surface area (Å²) in [5, 5.41) is 0. The Labute approximate surface area is 112 Å². The van der Waals surface area contributed by atoms with Gasteiger partial charge < -0.3 is 0 Å². The van der Waals surface area contributed by atoms with E-state index in [1.54, 1.807) is 5.57 Å². The van der Waals surface area contributed by atoms with Crippen LogP contribution in [0.5, 0.6) is 0 Å². The molecule has 0 nitrogen and oxygen atoms in total. The van der Waals surface area contributed by atoms with Gasteiger partial charge in [-0.15, -0.1) is 0 Å². The minimum atomic E-state index is 0.907. The van der Waals surface area contributed by atoms with E-state index in [4.69, 9.17) is 0 Å². The lowest BCUT2D eigenvalue weighted by Crippen LogP contribution is -2.39. The lowest BCUT2D eigenvalue weighted by atomic mass is 9.57. The number of fused-ring (bicyclic) bond motifs is 5. The average Bonchev–Trinajstić information content (AvgIpc) is 2.80. The monoisotopic (exact) mass is 242 g/mol. The van der Waals surface area contributed by atoms with Gasteiger partial charge in [-0.05, 0) is 81.0 Å². The lowest BCUT2D eigenvalue weighted by molar-refractivity contribution is 0.0718. The summed E-state index contributed by atoms with van der Waals surface area (Å²) >= 11 is 0. The van der Waals surface area contributed by atoms with E-state index < -0.39 is 0 Å². The van der Waals surface area contributed by atoms with E-state index in [-0.39, 0.29) is 0 Å². The summed E-state index contributed by atoms with van der Waals surface area (Å²) in [6.45, 7) is 4.34. The van der Waals surface area contributed by atoms with Crippen LogP contribution in [0.2, 0.25) is 0 Å². The summed E-state index contributed by atoms with van der Waals surface area (Å²) in [7, 11) is 0. The molecule has 4 rings (SSSR count). The number of allylic oxidation sites excluding steroid dienone is 3. The molecule has 98 valence electrons. The summed E-state index contributed by atoms with van der Waals surface area (Å²) in [4.78, 5) is 0. The topological polar surface area (TPSA) is 0 Å². The van der Waals surface area contributed by atoms with Crippen LogP contribution in [0.1, 0.15) is 57.8 Å². The van der Waals surface area contributed by atoms with E-state index in [1.807, 2.05) is 5.57 Å². The molecule has 0 aromatic rings. The van der Waals surface area contributed by atoms with Crippen LogP contribution in [0.4, 0.5) is 0 Å². The Balaban J connectivity index is 1.62. The molecule has 0 aromatic carbocycles. The van der Waals surface area contributed by atoms with E-state index in [0.29, 0.717) is 0 Å². The number of hydrogen-bond acceptors (Lipinski definition) is 0. The van der Waals surface area contributed by atoms with Crippen molar-refractivity contribution in [2.24, 2.45) is 29.6 Å². The molecule has 3 fully saturated rings. The summed E-state index contributed by atoms with van der Waals surface area (Å²) in [5.74, 6) is 4.99. The van der Waals surface area contributed by atoms with Gasteiger partial charge in [0.15, 0.2) is 0 Å². The van der Waals surface area contributed by atoms with E-state index in [2.05, 4.69) is 12.7 Å². The largest absolute Gasteiger partial charge is 0.0996 e. The van der Waals surface area contributed by atoms with Crippen LogP contribution < -0.4 is 0 Å². The van der Waals surface area contributed by atoms with Gasteiger partial charge in [0.2, 0.25) is 0 Å². The van der Waals surface area contributed by atoms with E-state index in [1.165, 1.54) is 57.8 Å². The van der Waals surface area contributed by atoms with Crippen molar-refractivity contribution in [3.8, 4) is 0 Å². The molecule has 4 aliphatic rings. The number of rotatable bonds is 0. The Morgan fingerprint density at radius 3 is 2.67 bits per heavy atom. The predicted octanol–water partition coefficient (Wildman–Crippen LogP) is 5.12. The molecule has 0 radical (unpaired) electrons. The van der Waals surface area contributed by atoms with Crippen LogP contribution in [0.15, 0.2) is 23.8 Å². The highest BCUT2D eigenvalue weighted by atomic mass is 14.5. The third-order valence-corrected chi connectivity index (χ3v) is 6.63. The zero-order valence-electron chi connectivity index (χ0n) is 11.5. The van der Waals surface area contributed by atoms with Gasteiger partial charge in [0, 0.05) is 0 Å². The van der Waals surface area contributed by atoms with Gasteiger partial charge in [0.1, 0.15) is 0 Å². The molecule has 0 spiro atoms. The summed E-state index contributed by atoms with van der Waals surface area (Å²) in [5.41, 5.74) is 3.45. The quantitative estimate of drug-likeness (QED) is 0.517. The van der Waals surface area contributed by atoms with Crippen LogP contribution in [0.25, 0.3) is 0 Å². The Morgan fingerprint density at radius 2 is 1.72 bits per heavy atom. The first-order valence-corrected chi connectivity index (χ1v) is 8.21. The smallest absolute Gasteiger partial charge is 0.0172 e. The van der Waals surface area contributed by atoms with Gasteiger partial charge >= 0.3 is 0 Å². The fourth-order valence-corrected chi connectivity index (χ4v) is 5.82. The molecule has 5 unspecified atom stereocenters. The highest BCUT2D eigenvalue weighted by Crippen LogP contribution is 2.57. The average molecular weight is 242 g/mol. The Hall–Kier alpha value is -0.520. The first kappa shape index (κ1) is 11.3. The molecule has 0 aliphatic heterocycles. The highest BCUT2D eigenvalue weighted by molar-refractivity contribution is 5.20. The molecule has 0 amide bonds. The summed E-state index contributed by atoms with van der Waals surface area (Å²) < 4.78 is 0. The van der Waals surface area contributed by atoms with Crippen molar-refractivity contribution in [3.63, 3.8) is 0 Å². The maximum Gasteiger partial charge on any atom is -0.0172 e. The van der Waals surface area contributed by atoms with Crippen molar-refractivity contribution in [1.82, 2.24) is 0 Å². The molecule has 18 heavy (non-hydrogen) atoms. The highest BCUT2D eigenvalue weighted by Gasteiger charge is 2.47. The molecular weight excluding hydrogens is 216 g/mol. The molecule has 0 aromatic heterocycles. The van der Waals surface area contributed by atoms with Crippen molar-refractivity contribution in [2.45, 2.75) is 57.8 Å². The fourth-order valence-electron chi connectivity index (χ4n) is 5.82. The molecule has 3 saturated carbocycles. The second-order valence-electron chi connectivity index (χ2n) is 7.24. The van der Waals surface area contributed by atoms with Crippen LogP contribution >= 0.6 is 0 Å². The van der Waals surface area contributed by atoms with E-state index in [9.17, 15) is 0 Å². The molecule has 0 heteroatoms. The maximum absolute atomic E-state index is 4.34. The van der Waals surface area contributed by atoms with Gasteiger partial charge in [-0.3, -0.25) is 0 Å². The van der Waals surface area contributed by atoms with Crippen molar-refractivity contribution in [3.05, 3.63) is 23.8 Å². The summed E-state index contributed by atoms with van der Waals surface area (Å²) in [6, 6.07) is 0. The Bertz CT molecular complexity index is 389. The number of hydrogen-bond donors (Lipinski definition) is 0. The maximum atomic E-state index is 4.34.